The number of benzene rings is 1. The predicted octanol–water partition coefficient (Wildman–Crippen LogP) is 2.51. The van der Waals surface area contributed by atoms with Gasteiger partial charge in [-0.3, -0.25) is 9.59 Å². The second-order valence-electron chi connectivity index (χ2n) is 4.57. The van der Waals surface area contributed by atoms with Gasteiger partial charge in [0.25, 0.3) is 5.91 Å². The van der Waals surface area contributed by atoms with Gasteiger partial charge in [0.1, 0.15) is 5.82 Å². The van der Waals surface area contributed by atoms with Crippen LogP contribution in [0.3, 0.4) is 0 Å². The van der Waals surface area contributed by atoms with E-state index in [9.17, 15) is 14.0 Å². The van der Waals surface area contributed by atoms with Crippen LogP contribution in [-0.4, -0.2) is 23.0 Å². The van der Waals surface area contributed by atoms with Crippen LogP contribution in [0.15, 0.2) is 18.2 Å². The number of rotatable bonds is 6. The van der Waals surface area contributed by atoms with Crippen molar-refractivity contribution in [2.75, 3.05) is 0 Å². The van der Waals surface area contributed by atoms with Crippen molar-refractivity contribution in [1.29, 1.82) is 0 Å². The number of nitrogens with one attached hydrogen (secondary N) is 1. The Balaban J connectivity index is 2.77. The molecule has 1 aromatic rings. The van der Waals surface area contributed by atoms with Crippen molar-refractivity contribution >= 4 is 11.9 Å². The fourth-order valence-electron chi connectivity index (χ4n) is 1.92. The summed E-state index contributed by atoms with van der Waals surface area (Å²) in [5, 5.41) is 11.4. The molecule has 1 aromatic carbocycles. The molecule has 1 amide bonds. The van der Waals surface area contributed by atoms with E-state index in [1.54, 1.807) is 13.0 Å². The summed E-state index contributed by atoms with van der Waals surface area (Å²) >= 11 is 0. The van der Waals surface area contributed by atoms with Crippen molar-refractivity contribution in [2.24, 2.45) is 0 Å². The second-order valence-corrected chi connectivity index (χ2v) is 4.57. The highest BCUT2D eigenvalue weighted by molar-refractivity contribution is 5.94. The van der Waals surface area contributed by atoms with Crippen LogP contribution in [0.5, 0.6) is 0 Å². The van der Waals surface area contributed by atoms with Gasteiger partial charge in [-0.15, -0.1) is 0 Å². The largest absolute Gasteiger partial charge is 0.481 e. The third-order valence-electron chi connectivity index (χ3n) is 2.70. The Morgan fingerprint density at radius 3 is 2.58 bits per heavy atom. The lowest BCUT2D eigenvalue weighted by Crippen LogP contribution is -2.36. The fourth-order valence-corrected chi connectivity index (χ4v) is 1.92. The van der Waals surface area contributed by atoms with Crippen molar-refractivity contribution in [3.05, 3.63) is 35.1 Å². The summed E-state index contributed by atoms with van der Waals surface area (Å²) in [6.07, 6.45) is 1.21. The second kappa shape index (κ2) is 6.87. The molecule has 0 aliphatic rings. The number of aryl methyl sites for hydroxylation is 1. The van der Waals surface area contributed by atoms with Gasteiger partial charge in [0.2, 0.25) is 0 Å². The van der Waals surface area contributed by atoms with Gasteiger partial charge in [-0.05, 0) is 37.1 Å². The third kappa shape index (κ3) is 5.07. The monoisotopic (exact) mass is 267 g/mol. The maximum Gasteiger partial charge on any atom is 0.305 e. The number of hydrogen-bond acceptors (Lipinski definition) is 2. The van der Waals surface area contributed by atoms with Gasteiger partial charge in [0.05, 0.1) is 6.42 Å². The molecule has 0 aromatic heterocycles. The molecular formula is C14H18FNO3. The van der Waals surface area contributed by atoms with Crippen LogP contribution < -0.4 is 5.32 Å². The van der Waals surface area contributed by atoms with Crippen molar-refractivity contribution in [3.63, 3.8) is 0 Å². The first-order valence-corrected chi connectivity index (χ1v) is 6.22. The minimum atomic E-state index is -0.964. The van der Waals surface area contributed by atoms with E-state index in [0.29, 0.717) is 12.0 Å². The third-order valence-corrected chi connectivity index (χ3v) is 2.70. The van der Waals surface area contributed by atoms with E-state index in [4.69, 9.17) is 5.11 Å². The van der Waals surface area contributed by atoms with E-state index >= 15 is 0 Å². The molecule has 0 saturated heterocycles. The average molecular weight is 267 g/mol. The lowest BCUT2D eigenvalue weighted by Gasteiger charge is -2.16. The number of carbonyl (C=O) groups is 2. The van der Waals surface area contributed by atoms with Crippen molar-refractivity contribution in [1.82, 2.24) is 5.32 Å². The molecule has 0 saturated carbocycles. The molecule has 0 aliphatic heterocycles. The van der Waals surface area contributed by atoms with Gasteiger partial charge in [-0.1, -0.05) is 13.3 Å². The summed E-state index contributed by atoms with van der Waals surface area (Å²) in [6.45, 7) is 3.61. The van der Waals surface area contributed by atoms with Gasteiger partial charge in [0, 0.05) is 11.6 Å². The van der Waals surface area contributed by atoms with Crippen LogP contribution in [0.2, 0.25) is 0 Å². The van der Waals surface area contributed by atoms with Crippen LogP contribution in [0.1, 0.15) is 42.1 Å². The molecule has 1 rings (SSSR count). The summed E-state index contributed by atoms with van der Waals surface area (Å²) in [7, 11) is 0. The summed E-state index contributed by atoms with van der Waals surface area (Å²) in [5.74, 6) is -1.88. The van der Waals surface area contributed by atoms with Crippen LogP contribution >= 0.6 is 0 Å². The number of halogens is 1. The summed E-state index contributed by atoms with van der Waals surface area (Å²) in [6, 6.07) is 3.62. The smallest absolute Gasteiger partial charge is 0.305 e. The zero-order valence-corrected chi connectivity index (χ0v) is 11.1. The Kier molecular flexibility index (Phi) is 5.48. The van der Waals surface area contributed by atoms with E-state index in [-0.39, 0.29) is 12.0 Å². The first-order valence-electron chi connectivity index (χ1n) is 6.22. The first kappa shape index (κ1) is 15.1. The highest BCUT2D eigenvalue weighted by Crippen LogP contribution is 2.10. The summed E-state index contributed by atoms with van der Waals surface area (Å²) < 4.78 is 13.2. The molecule has 0 radical (unpaired) electrons. The van der Waals surface area contributed by atoms with Gasteiger partial charge in [-0.25, -0.2) is 4.39 Å². The Morgan fingerprint density at radius 2 is 2.05 bits per heavy atom. The van der Waals surface area contributed by atoms with E-state index in [1.165, 1.54) is 6.07 Å². The minimum absolute atomic E-state index is 0.131. The van der Waals surface area contributed by atoms with Crippen molar-refractivity contribution in [2.45, 2.75) is 39.2 Å². The number of carboxylic acid groups (broad SMARTS) is 1. The normalized spacial score (nSPS) is 11.9. The first-order chi connectivity index (χ1) is 8.92. The quantitative estimate of drug-likeness (QED) is 0.832. The maximum absolute atomic E-state index is 13.2. The highest BCUT2D eigenvalue weighted by Gasteiger charge is 2.16. The molecule has 0 heterocycles. The number of carbonyl (C=O) groups excluding carboxylic acids is 1. The number of aliphatic carboxylic acids is 1. The Hall–Kier alpha value is -1.91. The zero-order chi connectivity index (χ0) is 14.4. The molecule has 0 spiro atoms. The predicted molar refractivity (Wildman–Crippen MR) is 69.6 cm³/mol. The Labute approximate surface area is 111 Å². The molecule has 0 unspecified atom stereocenters. The lowest BCUT2D eigenvalue weighted by molar-refractivity contribution is -0.137. The molecule has 0 bridgehead atoms. The Bertz CT molecular complexity index is 454. The van der Waals surface area contributed by atoms with E-state index < -0.39 is 23.7 Å². The number of carboxylic acids is 1. The molecule has 5 heteroatoms. The van der Waals surface area contributed by atoms with Crippen LogP contribution in [-0.2, 0) is 4.79 Å². The average Bonchev–Trinajstić information content (AvgIpc) is 2.26. The molecule has 2 N–H and O–H groups in total. The van der Waals surface area contributed by atoms with Crippen molar-refractivity contribution in [3.8, 4) is 0 Å². The van der Waals surface area contributed by atoms with Gasteiger partial charge >= 0.3 is 5.97 Å². The lowest BCUT2D eigenvalue weighted by atomic mass is 10.1. The molecule has 1 atom stereocenters. The minimum Gasteiger partial charge on any atom is -0.481 e. The highest BCUT2D eigenvalue weighted by atomic mass is 19.1. The standard InChI is InChI=1S/C14H18FNO3/c1-3-4-12(8-13(17)18)16-14(19)10-5-9(2)6-11(15)7-10/h5-7,12H,3-4,8H2,1-2H3,(H,16,19)(H,17,18)/t12-/m1/s1. The van der Waals surface area contributed by atoms with Crippen LogP contribution in [0, 0.1) is 12.7 Å². The molecule has 4 nitrogen and oxygen atoms in total. The van der Waals surface area contributed by atoms with Gasteiger partial charge in [0.15, 0.2) is 0 Å². The molecule has 0 fully saturated rings. The van der Waals surface area contributed by atoms with E-state index in [0.717, 1.165) is 12.5 Å². The zero-order valence-electron chi connectivity index (χ0n) is 11.1. The molecule has 0 aliphatic carbocycles. The molecule has 104 valence electrons. The van der Waals surface area contributed by atoms with E-state index in [2.05, 4.69) is 5.32 Å². The van der Waals surface area contributed by atoms with E-state index in [1.807, 2.05) is 6.92 Å². The number of hydrogen-bond donors (Lipinski definition) is 2. The maximum atomic E-state index is 13.2. The molecular weight excluding hydrogens is 249 g/mol. The van der Waals surface area contributed by atoms with Crippen molar-refractivity contribution < 1.29 is 19.1 Å². The van der Waals surface area contributed by atoms with Gasteiger partial charge in [-0.2, -0.15) is 0 Å². The van der Waals surface area contributed by atoms with Gasteiger partial charge < -0.3 is 10.4 Å². The topological polar surface area (TPSA) is 66.4 Å². The SMILES string of the molecule is CCC[C@H](CC(=O)O)NC(=O)c1cc(C)cc(F)c1. The molecule has 19 heavy (non-hydrogen) atoms. The Morgan fingerprint density at radius 1 is 1.37 bits per heavy atom. The fraction of sp³-hybridized carbons (Fsp3) is 0.429. The van der Waals surface area contributed by atoms with Crippen LogP contribution in [0.25, 0.3) is 0 Å². The van der Waals surface area contributed by atoms with Crippen LogP contribution in [0.4, 0.5) is 4.39 Å². The summed E-state index contributed by atoms with van der Waals surface area (Å²) in [4.78, 5) is 22.6. The number of amides is 1. The summed E-state index contributed by atoms with van der Waals surface area (Å²) in [5.41, 5.74) is 0.861.